The zero-order valence-corrected chi connectivity index (χ0v) is 19.2. The summed E-state index contributed by atoms with van der Waals surface area (Å²) in [6.07, 6.45) is 2.84. The zero-order valence-electron chi connectivity index (χ0n) is 18.4. The molecule has 0 saturated carbocycles. The normalized spacial score (nSPS) is 22.3. The minimum atomic E-state index is -0.568. The van der Waals surface area contributed by atoms with Crippen molar-refractivity contribution in [1.82, 2.24) is 10.2 Å². The van der Waals surface area contributed by atoms with Gasteiger partial charge in [-0.2, -0.15) is 5.26 Å². The highest BCUT2D eigenvalue weighted by Gasteiger charge is 2.44. The number of rotatable bonds is 3. The van der Waals surface area contributed by atoms with Crippen molar-refractivity contribution in [3.63, 3.8) is 0 Å². The Labute approximate surface area is 191 Å². The van der Waals surface area contributed by atoms with Crippen molar-refractivity contribution < 1.29 is 18.7 Å². The Bertz CT molecular complexity index is 1070. The van der Waals surface area contributed by atoms with Crippen molar-refractivity contribution in [3.05, 3.63) is 45.9 Å². The quantitative estimate of drug-likeness (QED) is 0.699. The van der Waals surface area contributed by atoms with E-state index >= 15 is 0 Å². The molecule has 1 aromatic carbocycles. The van der Waals surface area contributed by atoms with E-state index in [0.29, 0.717) is 23.3 Å². The summed E-state index contributed by atoms with van der Waals surface area (Å²) in [7, 11) is 0. The third-order valence-electron chi connectivity index (χ3n) is 5.92. The van der Waals surface area contributed by atoms with Gasteiger partial charge in [-0.3, -0.25) is 4.79 Å². The Balaban J connectivity index is 1.44. The van der Waals surface area contributed by atoms with Gasteiger partial charge in [-0.25, -0.2) is 9.18 Å². The van der Waals surface area contributed by atoms with Crippen LogP contribution in [0.2, 0.25) is 0 Å². The molecule has 2 atom stereocenters. The van der Waals surface area contributed by atoms with Gasteiger partial charge in [0, 0.05) is 18.1 Å². The molecular formula is C24H26FN3O3S. The number of carbonyl (C=O) groups is 2. The van der Waals surface area contributed by atoms with E-state index in [4.69, 9.17) is 10.00 Å². The largest absolute Gasteiger partial charge is 0.444 e. The van der Waals surface area contributed by atoms with Gasteiger partial charge in [-0.05, 0) is 81.2 Å². The van der Waals surface area contributed by atoms with Crippen molar-refractivity contribution in [2.45, 2.75) is 70.2 Å². The molecule has 8 heteroatoms. The summed E-state index contributed by atoms with van der Waals surface area (Å²) in [5.41, 5.74) is 0.851. The average Bonchev–Trinajstić information content (AvgIpc) is 3.29. The molecule has 2 aliphatic heterocycles. The summed E-state index contributed by atoms with van der Waals surface area (Å²) in [6, 6.07) is 8.23. The summed E-state index contributed by atoms with van der Waals surface area (Å²) < 4.78 is 19.4. The first-order valence-electron chi connectivity index (χ1n) is 10.8. The van der Waals surface area contributed by atoms with Crippen LogP contribution in [0.4, 0.5) is 9.18 Å². The fraction of sp³-hybridized carbons (Fsp3) is 0.458. The summed E-state index contributed by atoms with van der Waals surface area (Å²) in [4.78, 5) is 28.0. The predicted molar refractivity (Wildman–Crippen MR) is 120 cm³/mol. The van der Waals surface area contributed by atoms with Crippen molar-refractivity contribution in [3.8, 4) is 17.2 Å². The molecule has 0 aliphatic carbocycles. The van der Waals surface area contributed by atoms with E-state index in [1.165, 1.54) is 23.5 Å². The molecule has 2 unspecified atom stereocenters. The molecule has 1 N–H and O–H groups in total. The lowest BCUT2D eigenvalue weighted by Crippen LogP contribution is -2.52. The van der Waals surface area contributed by atoms with Gasteiger partial charge in [0.1, 0.15) is 17.5 Å². The Kier molecular flexibility index (Phi) is 5.95. The molecular weight excluding hydrogens is 429 g/mol. The molecule has 0 radical (unpaired) electrons. The Morgan fingerprint density at radius 3 is 2.47 bits per heavy atom. The number of hydrogen-bond donors (Lipinski definition) is 1. The number of fused-ring (bicyclic) bond motifs is 2. The maximum Gasteiger partial charge on any atom is 0.407 e. The van der Waals surface area contributed by atoms with E-state index in [1.54, 1.807) is 12.1 Å². The minimum Gasteiger partial charge on any atom is -0.444 e. The number of piperidine rings is 1. The lowest BCUT2D eigenvalue weighted by atomic mass is 9.97. The summed E-state index contributed by atoms with van der Waals surface area (Å²) in [5.74, 6) is -0.583. The average molecular weight is 456 g/mol. The molecule has 2 aliphatic rings. The lowest BCUT2D eigenvalue weighted by molar-refractivity contribution is 0.0420. The van der Waals surface area contributed by atoms with E-state index in [-0.39, 0.29) is 29.6 Å². The number of halogens is 1. The van der Waals surface area contributed by atoms with Gasteiger partial charge in [0.2, 0.25) is 0 Å². The van der Waals surface area contributed by atoms with Crippen LogP contribution < -0.4 is 5.32 Å². The van der Waals surface area contributed by atoms with Gasteiger partial charge < -0.3 is 15.0 Å². The summed E-state index contributed by atoms with van der Waals surface area (Å²) in [6.45, 7) is 5.50. The number of nitriles is 1. The molecule has 1 aromatic heterocycles. The van der Waals surface area contributed by atoms with Gasteiger partial charge in [0.25, 0.3) is 5.91 Å². The third kappa shape index (κ3) is 4.63. The van der Waals surface area contributed by atoms with Crippen molar-refractivity contribution in [2.24, 2.45) is 0 Å². The summed E-state index contributed by atoms with van der Waals surface area (Å²) in [5, 5.41) is 13.7. The third-order valence-corrected chi connectivity index (χ3v) is 6.84. The monoisotopic (exact) mass is 455 g/mol. The number of carbonyl (C=O) groups excluding carboxylic acids is 2. The van der Waals surface area contributed by atoms with E-state index in [2.05, 4.69) is 5.32 Å². The first-order chi connectivity index (χ1) is 15.1. The standard InChI is InChI=1S/C24H26FN3O3S/c1-24(2,3)31-23(30)27-17-10-18-6-7-19(11-17)28(18)22(29)21-9-16(13-32-21)14-4-5-15(12-26)20(25)8-14/h4-5,8-9,13,17-19H,6-7,10-11H2,1-3H3,(H,27,30). The number of amides is 2. The number of ether oxygens (including phenoxy) is 1. The Hall–Kier alpha value is -2.92. The van der Waals surface area contributed by atoms with Crippen molar-refractivity contribution >= 4 is 23.3 Å². The van der Waals surface area contributed by atoms with Gasteiger partial charge in [0.05, 0.1) is 10.4 Å². The Morgan fingerprint density at radius 1 is 1.19 bits per heavy atom. The fourth-order valence-electron chi connectivity index (χ4n) is 4.61. The lowest BCUT2D eigenvalue weighted by Gasteiger charge is -2.39. The number of hydrogen-bond acceptors (Lipinski definition) is 5. The van der Waals surface area contributed by atoms with Crippen LogP contribution in [0.5, 0.6) is 0 Å². The number of nitrogens with one attached hydrogen (secondary N) is 1. The first-order valence-corrected chi connectivity index (χ1v) is 11.6. The molecule has 3 heterocycles. The number of nitrogens with zero attached hydrogens (tertiary/aromatic N) is 2. The minimum absolute atomic E-state index is 0.000262. The Morgan fingerprint density at radius 2 is 1.88 bits per heavy atom. The van der Waals surface area contributed by atoms with Crippen molar-refractivity contribution in [2.75, 3.05) is 0 Å². The summed E-state index contributed by atoms with van der Waals surface area (Å²) >= 11 is 1.34. The van der Waals surface area contributed by atoms with E-state index in [0.717, 1.165) is 18.4 Å². The van der Waals surface area contributed by atoms with Gasteiger partial charge >= 0.3 is 6.09 Å². The highest BCUT2D eigenvalue weighted by Crippen LogP contribution is 2.38. The van der Waals surface area contributed by atoms with Crippen LogP contribution in [0.25, 0.3) is 11.1 Å². The second-order valence-corrected chi connectivity index (χ2v) is 10.3. The van der Waals surface area contributed by atoms with E-state index in [1.807, 2.05) is 37.1 Å². The molecule has 2 aromatic rings. The molecule has 2 bridgehead atoms. The molecule has 0 spiro atoms. The van der Waals surface area contributed by atoms with Crippen LogP contribution >= 0.6 is 11.3 Å². The fourth-order valence-corrected chi connectivity index (χ4v) is 5.47. The highest BCUT2D eigenvalue weighted by molar-refractivity contribution is 7.12. The second-order valence-electron chi connectivity index (χ2n) is 9.42. The maximum absolute atomic E-state index is 14.0. The van der Waals surface area contributed by atoms with Gasteiger partial charge in [-0.15, -0.1) is 11.3 Å². The van der Waals surface area contributed by atoms with E-state index < -0.39 is 17.5 Å². The van der Waals surface area contributed by atoms with Gasteiger partial charge in [0.15, 0.2) is 0 Å². The molecule has 168 valence electrons. The molecule has 6 nitrogen and oxygen atoms in total. The van der Waals surface area contributed by atoms with Crippen LogP contribution in [-0.4, -0.2) is 40.6 Å². The van der Waals surface area contributed by atoms with Crippen LogP contribution in [0, 0.1) is 17.1 Å². The molecule has 2 fully saturated rings. The van der Waals surface area contributed by atoms with Crippen LogP contribution in [-0.2, 0) is 4.74 Å². The first kappa shape index (κ1) is 22.3. The highest BCUT2D eigenvalue weighted by atomic mass is 32.1. The van der Waals surface area contributed by atoms with Gasteiger partial charge in [-0.1, -0.05) is 6.07 Å². The molecule has 32 heavy (non-hydrogen) atoms. The van der Waals surface area contributed by atoms with Crippen molar-refractivity contribution in [1.29, 1.82) is 5.26 Å². The number of alkyl carbamates (subject to hydrolysis) is 1. The molecule has 4 rings (SSSR count). The molecule has 2 amide bonds. The smallest absolute Gasteiger partial charge is 0.407 e. The van der Waals surface area contributed by atoms with Crippen LogP contribution in [0.3, 0.4) is 0 Å². The topological polar surface area (TPSA) is 82.4 Å². The number of thiophene rings is 1. The SMILES string of the molecule is CC(C)(C)OC(=O)NC1CC2CCC(C1)N2C(=O)c1cc(-c2ccc(C#N)c(F)c2)cs1. The second kappa shape index (κ2) is 8.55. The van der Waals surface area contributed by atoms with E-state index in [9.17, 15) is 14.0 Å². The maximum atomic E-state index is 14.0. The predicted octanol–water partition coefficient (Wildman–Crippen LogP) is 5.09. The molecule has 2 saturated heterocycles. The number of benzene rings is 1. The van der Waals surface area contributed by atoms with Crippen LogP contribution in [0.1, 0.15) is 61.7 Å². The zero-order chi connectivity index (χ0) is 23.0. The van der Waals surface area contributed by atoms with Crippen LogP contribution in [0.15, 0.2) is 29.6 Å².